The van der Waals surface area contributed by atoms with Gasteiger partial charge >= 0.3 is 0 Å². The number of halogens is 1. The molecule has 0 saturated heterocycles. The predicted molar refractivity (Wildman–Crippen MR) is 134 cm³/mol. The van der Waals surface area contributed by atoms with E-state index in [0.717, 1.165) is 15.6 Å². The summed E-state index contributed by atoms with van der Waals surface area (Å²) in [6.07, 6.45) is 1.58. The zero-order valence-electron chi connectivity index (χ0n) is 17.8. The summed E-state index contributed by atoms with van der Waals surface area (Å²) in [4.78, 5) is 26.9. The molecule has 0 saturated carbocycles. The van der Waals surface area contributed by atoms with Crippen molar-refractivity contribution in [3.8, 4) is 33.8 Å². The molecule has 6 heteroatoms. The highest BCUT2D eigenvalue weighted by Gasteiger charge is 2.38. The lowest BCUT2D eigenvalue weighted by Gasteiger charge is -2.15. The molecule has 0 radical (unpaired) electrons. The number of ketones is 1. The van der Waals surface area contributed by atoms with Gasteiger partial charge in [0.2, 0.25) is 0 Å². The first-order chi connectivity index (χ1) is 16.6. The summed E-state index contributed by atoms with van der Waals surface area (Å²) in [7, 11) is 0. The van der Waals surface area contributed by atoms with Crippen molar-refractivity contribution in [1.29, 1.82) is 0 Å². The van der Waals surface area contributed by atoms with Crippen LogP contribution < -0.4 is 5.43 Å². The quantitative estimate of drug-likeness (QED) is 0.285. The van der Waals surface area contributed by atoms with Gasteiger partial charge in [-0.05, 0) is 42.0 Å². The molecule has 0 bridgehead atoms. The molecule has 0 unspecified atom stereocenters. The molecule has 1 N–H and O–H groups in total. The second-order valence-electron chi connectivity index (χ2n) is 7.95. The fourth-order valence-electron chi connectivity index (χ4n) is 4.48. The van der Waals surface area contributed by atoms with E-state index in [2.05, 4.69) is 21.4 Å². The third-order valence-corrected chi connectivity index (χ3v) is 6.49. The molecule has 5 nitrogen and oxygen atoms in total. The zero-order valence-corrected chi connectivity index (χ0v) is 19.4. The van der Waals surface area contributed by atoms with E-state index >= 15 is 0 Å². The smallest absolute Gasteiger partial charge is 0.270 e. The molecular formula is C28H17BrN2O3. The van der Waals surface area contributed by atoms with Gasteiger partial charge in [0.15, 0.2) is 11.5 Å². The Labute approximate surface area is 203 Å². The van der Waals surface area contributed by atoms with Crippen LogP contribution in [0, 0.1) is 0 Å². The number of carbonyl (C=O) groups is 2. The first-order valence-corrected chi connectivity index (χ1v) is 11.5. The van der Waals surface area contributed by atoms with Gasteiger partial charge < -0.3 is 4.42 Å². The first-order valence-electron chi connectivity index (χ1n) is 10.7. The Bertz CT molecular complexity index is 1550. The van der Waals surface area contributed by atoms with Crippen molar-refractivity contribution < 1.29 is 14.0 Å². The van der Waals surface area contributed by atoms with Gasteiger partial charge in [-0.25, -0.2) is 4.68 Å². The maximum Gasteiger partial charge on any atom is 0.270 e. The lowest BCUT2D eigenvalue weighted by Crippen LogP contribution is -2.24. The summed E-state index contributed by atoms with van der Waals surface area (Å²) in [5, 5.41) is 0. The fourth-order valence-corrected chi connectivity index (χ4v) is 4.75. The van der Waals surface area contributed by atoms with E-state index in [-0.39, 0.29) is 11.7 Å². The highest BCUT2D eigenvalue weighted by Crippen LogP contribution is 2.48. The number of nitrogens with zero attached hydrogens (tertiary/aromatic N) is 1. The monoisotopic (exact) mass is 508 g/mol. The largest absolute Gasteiger partial charge is 0.463 e. The number of rotatable bonds is 4. The SMILES string of the molecule is O=C(Nn1c2c(c(-c3ccc(Br)cc3)c1-c1ccco1)C(=O)c1ccccc1-2)c1ccccc1. The highest BCUT2D eigenvalue weighted by molar-refractivity contribution is 9.10. The Morgan fingerprint density at radius 2 is 1.47 bits per heavy atom. The fraction of sp³-hybridized carbons (Fsp3) is 0. The van der Waals surface area contributed by atoms with E-state index in [1.807, 2.05) is 72.8 Å². The number of hydrogen-bond acceptors (Lipinski definition) is 3. The van der Waals surface area contributed by atoms with Crippen molar-refractivity contribution in [3.63, 3.8) is 0 Å². The molecule has 164 valence electrons. The molecule has 0 atom stereocenters. The van der Waals surface area contributed by atoms with Crippen LogP contribution in [0.1, 0.15) is 26.3 Å². The van der Waals surface area contributed by atoms with Crippen molar-refractivity contribution in [2.75, 3.05) is 5.43 Å². The van der Waals surface area contributed by atoms with Gasteiger partial charge in [0, 0.05) is 26.7 Å². The van der Waals surface area contributed by atoms with Crippen LogP contribution in [0.4, 0.5) is 0 Å². The third-order valence-electron chi connectivity index (χ3n) is 5.96. The Balaban J connectivity index is 1.67. The van der Waals surface area contributed by atoms with Gasteiger partial charge in [-0.1, -0.05) is 70.5 Å². The number of fused-ring (bicyclic) bond motifs is 3. The predicted octanol–water partition coefficient (Wildman–Crippen LogP) is 6.77. The van der Waals surface area contributed by atoms with E-state index in [0.29, 0.717) is 39.4 Å². The van der Waals surface area contributed by atoms with E-state index < -0.39 is 0 Å². The lowest BCUT2D eigenvalue weighted by molar-refractivity contribution is 0.101. The molecule has 1 aliphatic carbocycles. The van der Waals surface area contributed by atoms with Gasteiger partial charge in [0.05, 0.1) is 17.5 Å². The van der Waals surface area contributed by atoms with Gasteiger partial charge in [0.25, 0.3) is 5.91 Å². The summed E-state index contributed by atoms with van der Waals surface area (Å²) >= 11 is 3.49. The topological polar surface area (TPSA) is 64.2 Å². The molecule has 3 aromatic carbocycles. The Kier molecular flexibility index (Phi) is 4.81. The molecule has 5 aromatic rings. The first kappa shape index (κ1) is 20.4. The number of aromatic nitrogens is 1. The Morgan fingerprint density at radius 3 is 2.18 bits per heavy atom. The Morgan fingerprint density at radius 1 is 0.765 bits per heavy atom. The molecule has 34 heavy (non-hydrogen) atoms. The van der Waals surface area contributed by atoms with Gasteiger partial charge in [0.1, 0.15) is 5.69 Å². The summed E-state index contributed by atoms with van der Waals surface area (Å²) in [6, 6.07) is 27.8. The lowest BCUT2D eigenvalue weighted by atomic mass is 9.98. The number of hydrogen-bond donors (Lipinski definition) is 1. The molecule has 0 aliphatic heterocycles. The van der Waals surface area contributed by atoms with Crippen molar-refractivity contribution in [3.05, 3.63) is 118 Å². The molecule has 1 amide bonds. The van der Waals surface area contributed by atoms with Crippen molar-refractivity contribution in [1.82, 2.24) is 4.68 Å². The molecule has 0 spiro atoms. The van der Waals surface area contributed by atoms with E-state index in [1.54, 1.807) is 29.1 Å². The summed E-state index contributed by atoms with van der Waals surface area (Å²) < 4.78 is 8.43. The summed E-state index contributed by atoms with van der Waals surface area (Å²) in [5.74, 6) is 0.181. The normalized spacial score (nSPS) is 11.9. The number of nitrogens with one attached hydrogen (secondary N) is 1. The van der Waals surface area contributed by atoms with E-state index in [4.69, 9.17) is 4.42 Å². The molecule has 2 aromatic heterocycles. The van der Waals surface area contributed by atoms with Crippen LogP contribution in [-0.4, -0.2) is 16.4 Å². The number of furan rings is 1. The number of benzene rings is 3. The Hall–Kier alpha value is -4.16. The van der Waals surface area contributed by atoms with Crippen molar-refractivity contribution >= 4 is 27.6 Å². The summed E-state index contributed by atoms with van der Waals surface area (Å²) in [6.45, 7) is 0. The average Bonchev–Trinajstić information content (AvgIpc) is 3.57. The second-order valence-corrected chi connectivity index (χ2v) is 8.86. The van der Waals surface area contributed by atoms with Crippen molar-refractivity contribution in [2.24, 2.45) is 0 Å². The average molecular weight is 509 g/mol. The maximum absolute atomic E-state index is 13.7. The minimum atomic E-state index is -0.287. The molecule has 2 heterocycles. The van der Waals surface area contributed by atoms with Crippen LogP contribution in [-0.2, 0) is 0 Å². The highest BCUT2D eigenvalue weighted by atomic mass is 79.9. The van der Waals surface area contributed by atoms with Crippen LogP contribution >= 0.6 is 15.9 Å². The minimum absolute atomic E-state index is 0.0796. The third kappa shape index (κ3) is 3.15. The van der Waals surface area contributed by atoms with E-state index in [1.165, 1.54) is 0 Å². The van der Waals surface area contributed by atoms with Crippen LogP contribution in [0.3, 0.4) is 0 Å². The van der Waals surface area contributed by atoms with Gasteiger partial charge in [-0.2, -0.15) is 0 Å². The minimum Gasteiger partial charge on any atom is -0.463 e. The standard InChI is InChI=1S/C28H17BrN2O3/c29-19-14-12-17(13-15-19)23-24-25(20-9-4-5-10-21(20)27(24)32)31(26(23)22-11-6-16-34-22)30-28(33)18-7-2-1-3-8-18/h1-16H,(H,30,33). The zero-order chi connectivity index (χ0) is 23.2. The molecule has 1 aliphatic rings. The molecule has 6 rings (SSSR count). The molecular weight excluding hydrogens is 492 g/mol. The van der Waals surface area contributed by atoms with Gasteiger partial charge in [-0.3, -0.25) is 15.0 Å². The molecule has 0 fully saturated rings. The second kappa shape index (κ2) is 8.01. The van der Waals surface area contributed by atoms with Crippen LogP contribution in [0.2, 0.25) is 0 Å². The number of amides is 1. The maximum atomic E-state index is 13.7. The summed E-state index contributed by atoms with van der Waals surface area (Å²) in [5.41, 5.74) is 8.30. The van der Waals surface area contributed by atoms with Crippen LogP contribution in [0.5, 0.6) is 0 Å². The number of carbonyl (C=O) groups excluding carboxylic acids is 2. The van der Waals surface area contributed by atoms with Crippen LogP contribution in [0.25, 0.3) is 33.8 Å². The van der Waals surface area contributed by atoms with Crippen LogP contribution in [0.15, 0.2) is 106 Å². The van der Waals surface area contributed by atoms with E-state index in [9.17, 15) is 9.59 Å². The van der Waals surface area contributed by atoms with Crippen molar-refractivity contribution in [2.45, 2.75) is 0 Å². The van der Waals surface area contributed by atoms with Gasteiger partial charge in [-0.15, -0.1) is 0 Å².